The van der Waals surface area contributed by atoms with E-state index in [4.69, 9.17) is 16.3 Å². The van der Waals surface area contributed by atoms with E-state index in [2.05, 4.69) is 9.72 Å². The van der Waals surface area contributed by atoms with Gasteiger partial charge in [-0.25, -0.2) is 26.6 Å². The Bertz CT molecular complexity index is 1780. The maximum Gasteiger partial charge on any atom is 0.323 e. The lowest BCUT2D eigenvalue weighted by atomic mass is 9.81. The van der Waals surface area contributed by atoms with Crippen molar-refractivity contribution in [3.8, 4) is 11.4 Å². The molecule has 0 saturated heterocycles. The van der Waals surface area contributed by atoms with Gasteiger partial charge in [0.2, 0.25) is 10.0 Å². The Morgan fingerprint density at radius 3 is 2.30 bits per heavy atom. The largest absolute Gasteiger partial charge is 0.495 e. The number of halogens is 4. The molecule has 14 heteroatoms. The predicted octanol–water partition coefficient (Wildman–Crippen LogP) is 6.41. The van der Waals surface area contributed by atoms with E-state index in [1.54, 1.807) is 35.0 Å². The van der Waals surface area contributed by atoms with Gasteiger partial charge in [0.15, 0.2) is 5.16 Å². The number of sulfonamides is 1. The molecule has 0 aliphatic carbocycles. The monoisotopic (exact) mass is 667 g/mol. The number of esters is 1. The molecular weight excluding hydrogens is 639 g/mol. The fraction of sp³-hybridized carbons (Fsp3) is 0.267. The summed E-state index contributed by atoms with van der Waals surface area (Å²) in [6.07, 6.45) is 1.63. The van der Waals surface area contributed by atoms with Gasteiger partial charge >= 0.3 is 5.97 Å². The Labute approximate surface area is 262 Å². The molecule has 0 saturated carbocycles. The molecule has 3 aromatic carbocycles. The molecule has 0 bridgehead atoms. The fourth-order valence-corrected chi connectivity index (χ4v) is 6.87. The number of carbonyl (C=O) groups is 1. The fourth-order valence-electron chi connectivity index (χ4n) is 4.45. The van der Waals surface area contributed by atoms with E-state index in [9.17, 15) is 17.6 Å². The number of hydrogen-bond donors (Lipinski definition) is 1. The quantitative estimate of drug-likeness (QED) is 0.146. The van der Waals surface area contributed by atoms with E-state index in [-0.39, 0.29) is 11.3 Å². The van der Waals surface area contributed by atoms with Crippen LogP contribution in [-0.4, -0.2) is 44.2 Å². The SMILES string of the molecule is COC(=O)C(C)NS(=O)(=O)c1cc(F)c(CSc2ncc(C(C)(C)c3ccc(Cl)c(OC)c3)n2-c2ccc(F)cc2)c(F)c1. The summed E-state index contributed by atoms with van der Waals surface area (Å²) in [5.74, 6) is -3.28. The Morgan fingerprint density at radius 1 is 1.07 bits per heavy atom. The molecule has 0 spiro atoms. The van der Waals surface area contributed by atoms with Crippen molar-refractivity contribution in [2.45, 2.75) is 48.0 Å². The second-order valence-electron chi connectivity index (χ2n) is 10.2. The van der Waals surface area contributed by atoms with Crippen LogP contribution in [0.4, 0.5) is 13.2 Å². The summed E-state index contributed by atoms with van der Waals surface area (Å²) in [6, 6.07) is 11.2. The van der Waals surface area contributed by atoms with Gasteiger partial charge < -0.3 is 9.47 Å². The highest BCUT2D eigenvalue weighted by molar-refractivity contribution is 7.98. The molecule has 0 aliphatic heterocycles. The van der Waals surface area contributed by atoms with Crippen LogP contribution in [0.1, 0.15) is 37.6 Å². The first-order valence-electron chi connectivity index (χ1n) is 13.1. The van der Waals surface area contributed by atoms with Crippen LogP contribution in [-0.2, 0) is 30.7 Å². The van der Waals surface area contributed by atoms with Crippen LogP contribution in [0.25, 0.3) is 5.69 Å². The van der Waals surface area contributed by atoms with Crippen LogP contribution in [0.2, 0.25) is 5.02 Å². The number of hydrogen-bond acceptors (Lipinski definition) is 7. The highest BCUT2D eigenvalue weighted by Crippen LogP contribution is 2.39. The minimum absolute atomic E-state index is 0.253. The molecule has 1 N–H and O–H groups in total. The van der Waals surface area contributed by atoms with Crippen LogP contribution in [0, 0.1) is 17.5 Å². The number of carbonyl (C=O) groups excluding carboxylic acids is 1. The smallest absolute Gasteiger partial charge is 0.323 e. The number of thioether (sulfide) groups is 1. The maximum absolute atomic E-state index is 15.2. The van der Waals surface area contributed by atoms with Gasteiger partial charge in [0.05, 0.1) is 36.0 Å². The second kappa shape index (κ2) is 13.2. The predicted molar refractivity (Wildman–Crippen MR) is 161 cm³/mol. The number of methoxy groups -OCH3 is 2. The van der Waals surface area contributed by atoms with Crippen molar-refractivity contribution in [1.82, 2.24) is 14.3 Å². The Kier molecular flexibility index (Phi) is 10.0. The Morgan fingerprint density at radius 2 is 1.70 bits per heavy atom. The van der Waals surface area contributed by atoms with Crippen molar-refractivity contribution >= 4 is 39.4 Å². The number of imidazole rings is 1. The van der Waals surface area contributed by atoms with E-state index in [0.717, 1.165) is 24.4 Å². The summed E-state index contributed by atoms with van der Waals surface area (Å²) in [7, 11) is -1.85. The first kappa shape index (κ1) is 33.4. The van der Waals surface area contributed by atoms with Crippen molar-refractivity contribution in [3.63, 3.8) is 0 Å². The standard InChI is InChI=1S/C30H29ClF3N3O5S2/c1-17(28(38)42-5)36-44(39,40)21-13-24(33)22(25(34)14-21)16-43-29-35-15-27(37(29)20-9-7-19(32)8-10-20)30(2,3)18-6-11-23(31)26(12-18)41-4/h6-15,17,36H,16H2,1-5H3. The summed E-state index contributed by atoms with van der Waals surface area (Å²) < 4.78 is 83.1. The van der Waals surface area contributed by atoms with Gasteiger partial charge in [0.1, 0.15) is 29.2 Å². The van der Waals surface area contributed by atoms with Gasteiger partial charge in [-0.3, -0.25) is 9.36 Å². The summed E-state index contributed by atoms with van der Waals surface area (Å²) in [4.78, 5) is 15.5. The molecule has 0 aliphatic rings. The average molecular weight is 668 g/mol. The van der Waals surface area contributed by atoms with Gasteiger partial charge in [0.25, 0.3) is 0 Å². The molecule has 0 fully saturated rings. The molecule has 8 nitrogen and oxygen atoms in total. The lowest BCUT2D eigenvalue weighted by Gasteiger charge is -2.28. The molecule has 0 radical (unpaired) electrons. The zero-order valence-corrected chi connectivity index (χ0v) is 26.7. The number of nitrogens with zero attached hydrogens (tertiary/aromatic N) is 2. The normalized spacial score (nSPS) is 12.7. The van der Waals surface area contributed by atoms with Crippen molar-refractivity contribution in [2.24, 2.45) is 0 Å². The van der Waals surface area contributed by atoms with Gasteiger partial charge in [-0.1, -0.05) is 43.3 Å². The van der Waals surface area contributed by atoms with Crippen LogP contribution in [0.15, 0.2) is 70.8 Å². The molecule has 0 amide bonds. The van der Waals surface area contributed by atoms with Crippen molar-refractivity contribution in [3.05, 3.63) is 100 Å². The second-order valence-corrected chi connectivity index (χ2v) is 13.3. The highest BCUT2D eigenvalue weighted by Gasteiger charge is 2.31. The lowest BCUT2D eigenvalue weighted by molar-refractivity contribution is -0.142. The minimum Gasteiger partial charge on any atom is -0.495 e. The molecular formula is C30H29ClF3N3O5S2. The lowest BCUT2D eigenvalue weighted by Crippen LogP contribution is -2.39. The van der Waals surface area contributed by atoms with E-state index >= 15 is 8.78 Å². The zero-order valence-electron chi connectivity index (χ0n) is 24.3. The van der Waals surface area contributed by atoms with Crippen molar-refractivity contribution < 1.29 is 35.9 Å². The minimum atomic E-state index is -4.44. The molecule has 1 atom stereocenters. The molecule has 1 unspecified atom stereocenters. The van der Waals surface area contributed by atoms with Crippen LogP contribution < -0.4 is 9.46 Å². The topological polar surface area (TPSA) is 99.5 Å². The first-order chi connectivity index (χ1) is 20.7. The first-order valence-corrected chi connectivity index (χ1v) is 15.9. The van der Waals surface area contributed by atoms with Crippen molar-refractivity contribution in [2.75, 3.05) is 14.2 Å². The molecule has 234 valence electrons. The van der Waals surface area contributed by atoms with Gasteiger partial charge in [-0.05, 0) is 61.0 Å². The molecule has 1 heterocycles. The third kappa shape index (κ3) is 6.90. The summed E-state index contributed by atoms with van der Waals surface area (Å²) >= 11 is 7.25. The van der Waals surface area contributed by atoms with Crippen molar-refractivity contribution in [1.29, 1.82) is 0 Å². The molecule has 1 aromatic heterocycles. The van der Waals surface area contributed by atoms with Gasteiger partial charge in [-0.15, -0.1) is 0 Å². The van der Waals surface area contributed by atoms with E-state index in [1.165, 1.54) is 26.2 Å². The Balaban J connectivity index is 1.70. The van der Waals surface area contributed by atoms with E-state index in [0.29, 0.717) is 39.4 Å². The molecule has 44 heavy (non-hydrogen) atoms. The zero-order chi connectivity index (χ0) is 32.4. The highest BCUT2D eigenvalue weighted by atomic mass is 35.5. The summed E-state index contributed by atoms with van der Waals surface area (Å²) in [5, 5.41) is 0.789. The maximum atomic E-state index is 15.2. The number of nitrogens with one attached hydrogen (secondary N) is 1. The number of rotatable bonds is 11. The summed E-state index contributed by atoms with van der Waals surface area (Å²) in [6.45, 7) is 5.15. The van der Waals surface area contributed by atoms with E-state index < -0.39 is 49.8 Å². The van der Waals surface area contributed by atoms with Crippen LogP contribution >= 0.6 is 23.4 Å². The Hall–Kier alpha value is -3.52. The van der Waals surface area contributed by atoms with Crippen LogP contribution in [0.5, 0.6) is 5.75 Å². The number of aromatic nitrogens is 2. The number of benzene rings is 3. The van der Waals surface area contributed by atoms with Gasteiger partial charge in [0, 0.05) is 22.4 Å². The number of ether oxygens (including phenoxy) is 2. The van der Waals surface area contributed by atoms with Gasteiger partial charge in [-0.2, -0.15) is 4.72 Å². The average Bonchev–Trinajstić information content (AvgIpc) is 3.41. The van der Waals surface area contributed by atoms with E-state index in [1.807, 2.05) is 24.6 Å². The summed E-state index contributed by atoms with van der Waals surface area (Å²) in [5.41, 5.74) is 1.00. The molecule has 4 aromatic rings. The van der Waals surface area contributed by atoms with Crippen LogP contribution in [0.3, 0.4) is 0 Å². The third-order valence-corrected chi connectivity index (χ3v) is 9.80. The third-order valence-electron chi connectivity index (χ3n) is 6.98. The molecule has 4 rings (SSSR count).